The molecule has 3 heterocycles. The minimum absolute atomic E-state index is 0.275. The highest BCUT2D eigenvalue weighted by molar-refractivity contribution is 5.80. The monoisotopic (exact) mass is 223 g/mol. The number of amides is 1. The van der Waals surface area contributed by atoms with Crippen molar-refractivity contribution in [2.45, 2.75) is 37.8 Å². The van der Waals surface area contributed by atoms with Crippen LogP contribution in [-0.2, 0) is 4.79 Å². The number of rotatable bonds is 1. The van der Waals surface area contributed by atoms with Gasteiger partial charge in [-0.2, -0.15) is 0 Å². The quantitative estimate of drug-likeness (QED) is 0.655. The number of nitrogens with one attached hydrogen (secondary N) is 2. The summed E-state index contributed by atoms with van der Waals surface area (Å²) in [6, 6.07) is 1.11. The molecular formula is C12H21N3O. The molecule has 3 unspecified atom stereocenters. The molecule has 0 spiro atoms. The summed E-state index contributed by atoms with van der Waals surface area (Å²) >= 11 is 0. The highest BCUT2D eigenvalue weighted by Gasteiger charge is 2.43. The Morgan fingerprint density at radius 2 is 2.12 bits per heavy atom. The Morgan fingerprint density at radius 1 is 1.19 bits per heavy atom. The van der Waals surface area contributed by atoms with Crippen molar-refractivity contribution in [2.75, 3.05) is 26.2 Å². The second-order valence-electron chi connectivity index (χ2n) is 5.32. The molecule has 3 saturated heterocycles. The van der Waals surface area contributed by atoms with Crippen LogP contribution < -0.4 is 10.6 Å². The molecule has 4 nitrogen and oxygen atoms in total. The summed E-state index contributed by atoms with van der Waals surface area (Å²) in [5.41, 5.74) is 0. The number of hydrogen-bond donors (Lipinski definition) is 2. The number of fused-ring (bicyclic) bond motifs is 2. The largest absolute Gasteiger partial charge is 0.341 e. The van der Waals surface area contributed by atoms with E-state index in [-0.39, 0.29) is 5.92 Å². The number of carbonyl (C=O) groups excluding carboxylic acids is 1. The summed E-state index contributed by atoms with van der Waals surface area (Å²) in [5, 5.41) is 6.90. The van der Waals surface area contributed by atoms with E-state index in [1.54, 1.807) is 0 Å². The Hall–Kier alpha value is -0.610. The zero-order valence-corrected chi connectivity index (χ0v) is 9.74. The molecule has 3 aliphatic heterocycles. The van der Waals surface area contributed by atoms with Gasteiger partial charge in [-0.15, -0.1) is 0 Å². The summed E-state index contributed by atoms with van der Waals surface area (Å²) < 4.78 is 0. The van der Waals surface area contributed by atoms with Crippen LogP contribution in [-0.4, -0.2) is 49.1 Å². The van der Waals surface area contributed by atoms with Crippen molar-refractivity contribution in [3.05, 3.63) is 0 Å². The lowest BCUT2D eigenvalue weighted by molar-refractivity contribution is -0.135. The predicted molar refractivity (Wildman–Crippen MR) is 62.1 cm³/mol. The Bertz CT molecular complexity index is 273. The molecule has 3 fully saturated rings. The first-order valence-electron chi connectivity index (χ1n) is 6.60. The molecule has 0 aromatic carbocycles. The molecule has 0 aliphatic carbocycles. The fourth-order valence-electron chi connectivity index (χ4n) is 3.40. The zero-order valence-electron chi connectivity index (χ0n) is 9.74. The van der Waals surface area contributed by atoms with Crippen LogP contribution in [0.2, 0.25) is 0 Å². The first-order valence-corrected chi connectivity index (χ1v) is 6.60. The predicted octanol–water partition coefficient (Wildman–Crippen LogP) is -0.0512. The standard InChI is InChI=1S/C12H21N3O/c16-12(15-6-1-4-13-5-7-15)10-8-9-2-3-11(10)14-9/h9-11,13-14H,1-8H2. The van der Waals surface area contributed by atoms with E-state index in [4.69, 9.17) is 0 Å². The van der Waals surface area contributed by atoms with E-state index in [1.165, 1.54) is 12.8 Å². The van der Waals surface area contributed by atoms with Gasteiger partial charge in [-0.1, -0.05) is 0 Å². The average molecular weight is 223 g/mol. The van der Waals surface area contributed by atoms with Gasteiger partial charge in [-0.3, -0.25) is 4.79 Å². The van der Waals surface area contributed by atoms with Gasteiger partial charge in [0.15, 0.2) is 0 Å². The third-order valence-electron chi connectivity index (χ3n) is 4.27. The molecule has 3 atom stereocenters. The summed E-state index contributed by atoms with van der Waals surface area (Å²) in [6.07, 6.45) is 4.65. The average Bonchev–Trinajstić information content (AvgIpc) is 2.82. The fraction of sp³-hybridized carbons (Fsp3) is 0.917. The molecule has 3 aliphatic rings. The fourth-order valence-corrected chi connectivity index (χ4v) is 3.40. The molecule has 0 aromatic rings. The Morgan fingerprint density at radius 3 is 2.88 bits per heavy atom. The number of nitrogens with zero attached hydrogens (tertiary/aromatic N) is 1. The molecule has 0 aromatic heterocycles. The van der Waals surface area contributed by atoms with Crippen molar-refractivity contribution in [1.29, 1.82) is 0 Å². The molecule has 16 heavy (non-hydrogen) atoms. The normalized spacial score (nSPS) is 38.8. The number of hydrogen-bond acceptors (Lipinski definition) is 3. The molecule has 3 rings (SSSR count). The lowest BCUT2D eigenvalue weighted by Gasteiger charge is -2.27. The number of carbonyl (C=O) groups is 1. The minimum Gasteiger partial charge on any atom is -0.341 e. The van der Waals surface area contributed by atoms with Crippen LogP contribution in [0.15, 0.2) is 0 Å². The topological polar surface area (TPSA) is 44.4 Å². The van der Waals surface area contributed by atoms with Crippen LogP contribution >= 0.6 is 0 Å². The second kappa shape index (κ2) is 4.34. The molecule has 1 amide bonds. The smallest absolute Gasteiger partial charge is 0.227 e. The van der Waals surface area contributed by atoms with Crippen LogP contribution in [0.5, 0.6) is 0 Å². The van der Waals surface area contributed by atoms with Crippen LogP contribution in [0.25, 0.3) is 0 Å². The van der Waals surface area contributed by atoms with Crippen molar-refractivity contribution in [1.82, 2.24) is 15.5 Å². The first-order chi connectivity index (χ1) is 7.84. The molecule has 2 N–H and O–H groups in total. The van der Waals surface area contributed by atoms with Gasteiger partial charge in [0.25, 0.3) is 0 Å². The Balaban J connectivity index is 1.63. The third kappa shape index (κ3) is 1.84. The maximum absolute atomic E-state index is 12.4. The maximum Gasteiger partial charge on any atom is 0.227 e. The minimum atomic E-state index is 0.275. The molecule has 4 heteroatoms. The van der Waals surface area contributed by atoms with Crippen LogP contribution in [0.1, 0.15) is 25.7 Å². The first kappa shape index (κ1) is 10.5. The van der Waals surface area contributed by atoms with Gasteiger partial charge in [0, 0.05) is 31.7 Å². The molecule has 90 valence electrons. The lowest BCUT2D eigenvalue weighted by Crippen LogP contribution is -2.42. The van der Waals surface area contributed by atoms with E-state index >= 15 is 0 Å². The van der Waals surface area contributed by atoms with Crippen molar-refractivity contribution in [2.24, 2.45) is 5.92 Å². The summed E-state index contributed by atoms with van der Waals surface area (Å²) in [4.78, 5) is 14.5. The van der Waals surface area contributed by atoms with Gasteiger partial charge in [-0.25, -0.2) is 0 Å². The van der Waals surface area contributed by atoms with Crippen LogP contribution in [0.4, 0.5) is 0 Å². The molecule has 2 bridgehead atoms. The van der Waals surface area contributed by atoms with E-state index < -0.39 is 0 Å². The van der Waals surface area contributed by atoms with Gasteiger partial charge in [0.1, 0.15) is 0 Å². The van der Waals surface area contributed by atoms with Gasteiger partial charge >= 0.3 is 0 Å². The van der Waals surface area contributed by atoms with E-state index in [9.17, 15) is 4.79 Å². The zero-order chi connectivity index (χ0) is 11.0. The van der Waals surface area contributed by atoms with Gasteiger partial charge in [0.05, 0.1) is 5.92 Å². The summed E-state index contributed by atoms with van der Waals surface area (Å²) in [7, 11) is 0. The van der Waals surface area contributed by atoms with E-state index in [2.05, 4.69) is 15.5 Å². The van der Waals surface area contributed by atoms with Gasteiger partial charge in [0.2, 0.25) is 5.91 Å². The summed E-state index contributed by atoms with van der Waals surface area (Å²) in [6.45, 7) is 3.85. The van der Waals surface area contributed by atoms with Crippen molar-refractivity contribution in [3.8, 4) is 0 Å². The van der Waals surface area contributed by atoms with Crippen LogP contribution in [0.3, 0.4) is 0 Å². The Labute approximate surface area is 96.8 Å². The molecule has 0 radical (unpaired) electrons. The van der Waals surface area contributed by atoms with E-state index in [0.29, 0.717) is 18.0 Å². The van der Waals surface area contributed by atoms with Crippen LogP contribution in [0, 0.1) is 5.92 Å². The van der Waals surface area contributed by atoms with Crippen molar-refractivity contribution < 1.29 is 4.79 Å². The Kier molecular flexibility index (Phi) is 2.86. The lowest BCUT2D eigenvalue weighted by atomic mass is 9.88. The van der Waals surface area contributed by atoms with Crippen molar-refractivity contribution in [3.63, 3.8) is 0 Å². The maximum atomic E-state index is 12.4. The van der Waals surface area contributed by atoms with E-state index in [0.717, 1.165) is 39.0 Å². The van der Waals surface area contributed by atoms with Gasteiger partial charge in [-0.05, 0) is 32.2 Å². The van der Waals surface area contributed by atoms with E-state index in [1.807, 2.05) is 0 Å². The van der Waals surface area contributed by atoms with Crippen molar-refractivity contribution >= 4 is 5.91 Å². The highest BCUT2D eigenvalue weighted by Crippen LogP contribution is 2.34. The third-order valence-corrected chi connectivity index (χ3v) is 4.27. The SMILES string of the molecule is O=C(C1CC2CCC1N2)N1CCCNCC1. The molecule has 0 saturated carbocycles. The van der Waals surface area contributed by atoms with Gasteiger partial charge < -0.3 is 15.5 Å². The highest BCUT2D eigenvalue weighted by atomic mass is 16.2. The second-order valence-corrected chi connectivity index (χ2v) is 5.32. The summed E-state index contributed by atoms with van der Waals surface area (Å²) in [5.74, 6) is 0.681. The molecular weight excluding hydrogens is 202 g/mol.